The summed E-state index contributed by atoms with van der Waals surface area (Å²) in [4.78, 5) is 4.32. The van der Waals surface area contributed by atoms with Crippen LogP contribution in [0.15, 0.2) is 35.4 Å². The molecule has 0 aliphatic carbocycles. The van der Waals surface area contributed by atoms with Gasteiger partial charge in [-0.3, -0.25) is 0 Å². The SMILES string of the molecule is SSc1ccc2[nH]ccc2c1. The molecule has 0 aliphatic heterocycles. The summed E-state index contributed by atoms with van der Waals surface area (Å²) in [6, 6.07) is 8.29. The highest BCUT2D eigenvalue weighted by atomic mass is 33.1. The summed E-state index contributed by atoms with van der Waals surface area (Å²) >= 11 is 4.12. The van der Waals surface area contributed by atoms with E-state index in [4.69, 9.17) is 0 Å². The van der Waals surface area contributed by atoms with Crippen LogP contribution in [0, 0.1) is 0 Å². The highest BCUT2D eigenvalue weighted by Crippen LogP contribution is 2.24. The minimum atomic E-state index is 1.18. The lowest BCUT2D eigenvalue weighted by Gasteiger charge is -1.93. The van der Waals surface area contributed by atoms with Gasteiger partial charge in [0.15, 0.2) is 0 Å². The average Bonchev–Trinajstić information content (AvgIpc) is 2.50. The van der Waals surface area contributed by atoms with E-state index in [1.54, 1.807) is 0 Å². The number of benzene rings is 1. The number of aromatic amines is 1. The first-order chi connectivity index (χ1) is 5.40. The summed E-state index contributed by atoms with van der Waals surface area (Å²) in [5.41, 5.74) is 1.18. The number of thiol groups is 1. The predicted molar refractivity (Wildman–Crippen MR) is 53.1 cm³/mol. The van der Waals surface area contributed by atoms with Gasteiger partial charge in [-0.1, -0.05) is 10.8 Å². The number of nitrogens with one attached hydrogen (secondary N) is 1. The zero-order chi connectivity index (χ0) is 7.68. The largest absolute Gasteiger partial charge is 0.361 e. The van der Waals surface area contributed by atoms with Crippen LogP contribution in [-0.2, 0) is 0 Å². The molecule has 3 heteroatoms. The molecular formula is C8H7NS2. The maximum atomic E-state index is 4.12. The van der Waals surface area contributed by atoms with Crippen LogP contribution in [0.4, 0.5) is 0 Å². The molecule has 0 fully saturated rings. The fourth-order valence-corrected chi connectivity index (χ4v) is 1.74. The Morgan fingerprint density at radius 3 is 3.00 bits per heavy atom. The van der Waals surface area contributed by atoms with Crippen molar-refractivity contribution in [3.05, 3.63) is 30.5 Å². The molecule has 56 valence electrons. The van der Waals surface area contributed by atoms with Gasteiger partial charge in [-0.15, -0.1) is 11.7 Å². The molecule has 2 aromatic rings. The van der Waals surface area contributed by atoms with Gasteiger partial charge in [-0.25, -0.2) is 0 Å². The highest BCUT2D eigenvalue weighted by molar-refractivity contribution is 8.68. The summed E-state index contributed by atoms with van der Waals surface area (Å²) in [6.45, 7) is 0. The fourth-order valence-electron chi connectivity index (χ4n) is 1.09. The first-order valence-corrected chi connectivity index (χ1v) is 5.15. The van der Waals surface area contributed by atoms with Crippen molar-refractivity contribution in [3.63, 3.8) is 0 Å². The van der Waals surface area contributed by atoms with Crippen molar-refractivity contribution in [2.75, 3.05) is 0 Å². The third kappa shape index (κ3) is 1.26. The molecule has 0 aliphatic rings. The summed E-state index contributed by atoms with van der Waals surface area (Å²) in [5.74, 6) is 0. The third-order valence-electron chi connectivity index (χ3n) is 1.63. The van der Waals surface area contributed by atoms with Gasteiger partial charge in [-0.05, 0) is 24.3 Å². The molecule has 2 rings (SSSR count). The van der Waals surface area contributed by atoms with Crippen LogP contribution in [0.1, 0.15) is 0 Å². The number of H-pyrrole nitrogens is 1. The number of hydrogen-bond acceptors (Lipinski definition) is 2. The average molecular weight is 181 g/mol. The van der Waals surface area contributed by atoms with Gasteiger partial charge >= 0.3 is 0 Å². The Hall–Kier alpha value is -0.540. The molecule has 1 heterocycles. The van der Waals surface area contributed by atoms with E-state index in [0.29, 0.717) is 0 Å². The first-order valence-electron chi connectivity index (χ1n) is 3.29. The number of fused-ring (bicyclic) bond motifs is 1. The van der Waals surface area contributed by atoms with Crippen molar-refractivity contribution < 1.29 is 0 Å². The Morgan fingerprint density at radius 2 is 2.18 bits per heavy atom. The van der Waals surface area contributed by atoms with Crippen LogP contribution >= 0.6 is 22.5 Å². The molecule has 0 bridgehead atoms. The minimum Gasteiger partial charge on any atom is -0.361 e. The molecule has 1 aromatic heterocycles. The van der Waals surface area contributed by atoms with E-state index in [0.717, 1.165) is 0 Å². The van der Waals surface area contributed by atoms with Crippen LogP contribution in [0.25, 0.3) is 10.9 Å². The third-order valence-corrected chi connectivity index (χ3v) is 2.73. The van der Waals surface area contributed by atoms with Gasteiger partial charge in [0.1, 0.15) is 0 Å². The van der Waals surface area contributed by atoms with Gasteiger partial charge in [-0.2, -0.15) is 0 Å². The molecule has 0 amide bonds. The van der Waals surface area contributed by atoms with Crippen molar-refractivity contribution in [3.8, 4) is 0 Å². The van der Waals surface area contributed by atoms with E-state index in [2.05, 4.69) is 40.9 Å². The summed E-state index contributed by atoms with van der Waals surface area (Å²) in [6.07, 6.45) is 1.94. The zero-order valence-electron chi connectivity index (χ0n) is 5.74. The van der Waals surface area contributed by atoms with E-state index in [1.165, 1.54) is 26.6 Å². The van der Waals surface area contributed by atoms with Gasteiger partial charge < -0.3 is 4.98 Å². The molecule has 1 N–H and O–H groups in total. The molecule has 11 heavy (non-hydrogen) atoms. The van der Waals surface area contributed by atoms with Crippen molar-refractivity contribution >= 4 is 33.4 Å². The van der Waals surface area contributed by atoms with Gasteiger partial charge in [0.25, 0.3) is 0 Å². The normalized spacial score (nSPS) is 10.6. The van der Waals surface area contributed by atoms with E-state index < -0.39 is 0 Å². The Labute approximate surface area is 74.0 Å². The number of rotatable bonds is 1. The van der Waals surface area contributed by atoms with Crippen molar-refractivity contribution in [2.45, 2.75) is 4.90 Å². The molecule has 0 saturated heterocycles. The second kappa shape index (κ2) is 2.83. The van der Waals surface area contributed by atoms with E-state index in [9.17, 15) is 0 Å². The van der Waals surface area contributed by atoms with Crippen LogP contribution < -0.4 is 0 Å². The first kappa shape index (κ1) is 7.13. The maximum Gasteiger partial charge on any atom is 0.0454 e. The molecule has 0 atom stereocenters. The van der Waals surface area contributed by atoms with Crippen molar-refractivity contribution in [1.29, 1.82) is 0 Å². The topological polar surface area (TPSA) is 15.8 Å². The van der Waals surface area contributed by atoms with Gasteiger partial charge in [0, 0.05) is 22.0 Å². The number of hydrogen-bond donors (Lipinski definition) is 2. The quantitative estimate of drug-likeness (QED) is 0.510. The van der Waals surface area contributed by atoms with Gasteiger partial charge in [0.2, 0.25) is 0 Å². The van der Waals surface area contributed by atoms with Gasteiger partial charge in [0.05, 0.1) is 0 Å². The standard InChI is InChI=1S/C8H7NS2/c10-11-7-1-2-8-6(5-7)3-4-9-8/h1-5,9-10H. The molecule has 0 saturated carbocycles. The second-order valence-corrected chi connectivity index (χ2v) is 3.52. The molecule has 0 radical (unpaired) electrons. The fraction of sp³-hybridized carbons (Fsp3) is 0. The van der Waals surface area contributed by atoms with Crippen LogP contribution in [0.5, 0.6) is 0 Å². The Bertz CT molecular complexity index is 367. The Morgan fingerprint density at radius 1 is 1.27 bits per heavy atom. The molecule has 0 unspecified atom stereocenters. The molecule has 1 aromatic carbocycles. The lowest BCUT2D eigenvalue weighted by Crippen LogP contribution is -1.68. The second-order valence-electron chi connectivity index (χ2n) is 2.32. The zero-order valence-corrected chi connectivity index (χ0v) is 7.45. The van der Waals surface area contributed by atoms with Crippen molar-refractivity contribution in [2.24, 2.45) is 0 Å². The smallest absolute Gasteiger partial charge is 0.0454 e. The van der Waals surface area contributed by atoms with E-state index >= 15 is 0 Å². The maximum absolute atomic E-state index is 4.12. The minimum absolute atomic E-state index is 1.18. The number of aromatic nitrogens is 1. The van der Waals surface area contributed by atoms with E-state index in [1.807, 2.05) is 6.20 Å². The molecule has 0 spiro atoms. The van der Waals surface area contributed by atoms with Crippen LogP contribution in [0.2, 0.25) is 0 Å². The van der Waals surface area contributed by atoms with Crippen LogP contribution in [0.3, 0.4) is 0 Å². The Balaban J connectivity index is 2.67. The van der Waals surface area contributed by atoms with Crippen LogP contribution in [-0.4, -0.2) is 4.98 Å². The van der Waals surface area contributed by atoms with E-state index in [-0.39, 0.29) is 0 Å². The lowest BCUT2D eigenvalue weighted by atomic mass is 10.2. The summed E-state index contributed by atoms with van der Waals surface area (Å²) in [7, 11) is 1.47. The summed E-state index contributed by atoms with van der Waals surface area (Å²) < 4.78 is 0. The lowest BCUT2D eigenvalue weighted by molar-refractivity contribution is 1.46. The highest BCUT2D eigenvalue weighted by Gasteiger charge is 1.94. The molecular weight excluding hydrogens is 174 g/mol. The summed E-state index contributed by atoms with van der Waals surface area (Å²) in [5, 5.41) is 1.24. The van der Waals surface area contributed by atoms with Crippen molar-refractivity contribution in [1.82, 2.24) is 4.98 Å². The predicted octanol–water partition coefficient (Wildman–Crippen LogP) is 3.10. The monoisotopic (exact) mass is 181 g/mol. The molecule has 1 nitrogen and oxygen atoms in total. The Kier molecular flexibility index (Phi) is 1.84.